The van der Waals surface area contributed by atoms with Gasteiger partial charge in [-0.2, -0.15) is 0 Å². The van der Waals surface area contributed by atoms with E-state index in [0.29, 0.717) is 18.2 Å². The molecule has 1 fully saturated rings. The first-order valence-corrected chi connectivity index (χ1v) is 10.8. The van der Waals surface area contributed by atoms with Crippen molar-refractivity contribution in [1.29, 1.82) is 0 Å². The summed E-state index contributed by atoms with van der Waals surface area (Å²) < 4.78 is 16.1. The van der Waals surface area contributed by atoms with Gasteiger partial charge in [0.05, 0.1) is 0 Å². The SMILES string of the molecule is CCc1cc(F)cc(Cc2ccc([N+]3=C(C4CCCC4)c4ncnc(N)c43)cc2)c1. The molecule has 3 aromatic rings. The number of hydrogen-bond donors (Lipinski definition) is 1. The van der Waals surface area contributed by atoms with Crippen molar-refractivity contribution in [2.45, 2.75) is 45.4 Å². The van der Waals surface area contributed by atoms with Crippen LogP contribution in [0.2, 0.25) is 0 Å². The van der Waals surface area contributed by atoms with E-state index in [-0.39, 0.29) is 5.82 Å². The molecular weight excluding hydrogens is 375 g/mol. The van der Waals surface area contributed by atoms with Gasteiger partial charge in [-0.3, -0.25) is 0 Å². The Morgan fingerprint density at radius 1 is 1.00 bits per heavy atom. The minimum Gasteiger partial charge on any atom is -0.378 e. The molecule has 30 heavy (non-hydrogen) atoms. The molecule has 0 unspecified atom stereocenters. The first-order chi connectivity index (χ1) is 14.6. The number of hydrogen-bond acceptors (Lipinski definition) is 3. The van der Waals surface area contributed by atoms with E-state index in [4.69, 9.17) is 5.73 Å². The van der Waals surface area contributed by atoms with Crippen LogP contribution in [0.5, 0.6) is 0 Å². The summed E-state index contributed by atoms with van der Waals surface area (Å²) >= 11 is 0. The predicted octanol–water partition coefficient (Wildman–Crippen LogP) is 5.18. The van der Waals surface area contributed by atoms with Gasteiger partial charge in [-0.25, -0.2) is 14.4 Å². The monoisotopic (exact) mass is 401 g/mol. The molecule has 1 aromatic heterocycles. The molecule has 152 valence electrons. The number of aromatic nitrogens is 2. The number of benzene rings is 2. The quantitative estimate of drug-likeness (QED) is 0.600. The van der Waals surface area contributed by atoms with Gasteiger partial charge in [0.1, 0.15) is 12.1 Å². The molecule has 5 heteroatoms. The molecule has 1 aliphatic carbocycles. The van der Waals surface area contributed by atoms with Crippen molar-refractivity contribution >= 4 is 22.9 Å². The fourth-order valence-electron chi connectivity index (χ4n) is 4.84. The molecule has 2 aliphatic rings. The van der Waals surface area contributed by atoms with Gasteiger partial charge in [-0.05, 0) is 54.5 Å². The summed E-state index contributed by atoms with van der Waals surface area (Å²) in [5.41, 5.74) is 13.7. The molecule has 0 atom stereocenters. The lowest BCUT2D eigenvalue weighted by Crippen LogP contribution is -2.36. The second-order valence-corrected chi connectivity index (χ2v) is 8.32. The number of fused-ring (bicyclic) bond motifs is 1. The molecule has 1 saturated carbocycles. The standard InChI is InChI=1S/C25H26FN4/c1-2-16-11-18(14-20(26)13-16)12-17-7-9-21(10-8-17)30-23(19-5-3-4-6-19)22-24(30)25(27)29-15-28-22/h7-11,13-15,19H,2-6,12H2,1H3,(H2,27,28,29)/q+1. The van der Waals surface area contributed by atoms with Gasteiger partial charge in [-0.15, -0.1) is 4.58 Å². The maximum atomic E-state index is 13.9. The highest BCUT2D eigenvalue weighted by Gasteiger charge is 2.46. The number of anilines is 1. The molecule has 2 N–H and O–H groups in total. The Kier molecular flexibility index (Phi) is 4.81. The lowest BCUT2D eigenvalue weighted by molar-refractivity contribution is 0.623. The zero-order valence-electron chi connectivity index (χ0n) is 17.2. The Morgan fingerprint density at radius 2 is 1.73 bits per heavy atom. The van der Waals surface area contributed by atoms with Crippen LogP contribution >= 0.6 is 0 Å². The summed E-state index contributed by atoms with van der Waals surface area (Å²) in [7, 11) is 0. The van der Waals surface area contributed by atoms with Crippen molar-refractivity contribution in [3.05, 3.63) is 77.0 Å². The Labute approximate surface area is 176 Å². The summed E-state index contributed by atoms with van der Waals surface area (Å²) in [6.07, 6.45) is 8.05. The van der Waals surface area contributed by atoms with Crippen LogP contribution in [0.25, 0.3) is 0 Å². The van der Waals surface area contributed by atoms with Crippen molar-refractivity contribution in [1.82, 2.24) is 14.5 Å². The number of rotatable bonds is 5. The molecule has 0 amide bonds. The van der Waals surface area contributed by atoms with Gasteiger partial charge in [0.2, 0.25) is 22.9 Å². The third kappa shape index (κ3) is 3.28. The predicted molar refractivity (Wildman–Crippen MR) is 119 cm³/mol. The highest BCUT2D eigenvalue weighted by Crippen LogP contribution is 2.41. The van der Waals surface area contributed by atoms with E-state index in [2.05, 4.69) is 44.9 Å². The summed E-state index contributed by atoms with van der Waals surface area (Å²) in [5.74, 6) is 0.897. The van der Waals surface area contributed by atoms with E-state index in [1.165, 1.54) is 31.4 Å². The molecule has 2 heterocycles. The van der Waals surface area contributed by atoms with Crippen molar-refractivity contribution in [2.75, 3.05) is 5.73 Å². The van der Waals surface area contributed by atoms with Crippen LogP contribution < -0.4 is 10.3 Å². The lowest BCUT2D eigenvalue weighted by Gasteiger charge is -2.22. The largest absolute Gasteiger partial charge is 0.378 e. The second kappa shape index (κ2) is 7.63. The lowest BCUT2D eigenvalue weighted by atomic mass is 9.91. The van der Waals surface area contributed by atoms with Crippen LogP contribution in [0, 0.1) is 11.7 Å². The van der Waals surface area contributed by atoms with Crippen LogP contribution in [-0.2, 0) is 12.8 Å². The summed E-state index contributed by atoms with van der Waals surface area (Å²) in [6, 6.07) is 13.8. The molecule has 0 bridgehead atoms. The van der Waals surface area contributed by atoms with Gasteiger partial charge in [0.25, 0.3) is 5.69 Å². The number of nitrogens with zero attached hydrogens (tertiary/aromatic N) is 3. The van der Waals surface area contributed by atoms with E-state index in [9.17, 15) is 4.39 Å². The topological polar surface area (TPSA) is 54.8 Å². The number of nitrogens with two attached hydrogens (primary N) is 1. The minimum atomic E-state index is -0.163. The third-order valence-corrected chi connectivity index (χ3v) is 6.33. The first-order valence-electron chi connectivity index (χ1n) is 10.8. The van der Waals surface area contributed by atoms with Gasteiger partial charge < -0.3 is 5.73 Å². The highest BCUT2D eigenvalue weighted by atomic mass is 19.1. The minimum absolute atomic E-state index is 0.163. The Balaban J connectivity index is 1.46. The molecule has 0 saturated heterocycles. The third-order valence-electron chi connectivity index (χ3n) is 6.33. The van der Waals surface area contributed by atoms with Crippen LogP contribution in [-0.4, -0.2) is 15.7 Å². The van der Waals surface area contributed by atoms with Crippen molar-refractivity contribution in [3.63, 3.8) is 0 Å². The van der Waals surface area contributed by atoms with E-state index < -0.39 is 0 Å². The second-order valence-electron chi connectivity index (χ2n) is 8.32. The molecule has 4 nitrogen and oxygen atoms in total. The molecule has 0 spiro atoms. The highest BCUT2D eigenvalue weighted by molar-refractivity contribution is 6.16. The molecule has 0 radical (unpaired) electrons. The van der Waals surface area contributed by atoms with E-state index in [1.807, 2.05) is 6.92 Å². The average Bonchev–Trinajstić information content (AvgIpc) is 3.24. The maximum Gasteiger partial charge on any atom is 0.286 e. The van der Waals surface area contributed by atoms with Gasteiger partial charge in [0, 0.05) is 18.1 Å². The number of halogens is 1. The van der Waals surface area contributed by atoms with Crippen LogP contribution in [0.4, 0.5) is 21.6 Å². The van der Waals surface area contributed by atoms with E-state index in [0.717, 1.165) is 40.2 Å². The first kappa shape index (κ1) is 18.9. The fraction of sp³-hybridized carbons (Fsp3) is 0.320. The summed E-state index contributed by atoms with van der Waals surface area (Å²) in [6.45, 7) is 2.05. The van der Waals surface area contributed by atoms with Gasteiger partial charge in [-0.1, -0.05) is 38.0 Å². The molecule has 2 aromatic carbocycles. The van der Waals surface area contributed by atoms with Crippen molar-refractivity contribution in [3.8, 4) is 0 Å². The van der Waals surface area contributed by atoms with Crippen LogP contribution in [0.1, 0.15) is 55.0 Å². The van der Waals surface area contributed by atoms with E-state index >= 15 is 0 Å². The summed E-state index contributed by atoms with van der Waals surface area (Å²) in [5, 5.41) is 0. The van der Waals surface area contributed by atoms with Gasteiger partial charge >= 0.3 is 0 Å². The average molecular weight is 402 g/mol. The van der Waals surface area contributed by atoms with Gasteiger partial charge in [0.15, 0.2) is 0 Å². The molecule has 5 rings (SSSR count). The number of aryl methyl sites for hydroxylation is 1. The fourth-order valence-corrected chi connectivity index (χ4v) is 4.84. The number of nitrogen functional groups attached to an aromatic ring is 1. The van der Waals surface area contributed by atoms with Crippen molar-refractivity contribution in [2.24, 2.45) is 5.92 Å². The van der Waals surface area contributed by atoms with Crippen LogP contribution in [0.15, 0.2) is 48.8 Å². The Bertz CT molecular complexity index is 1130. The zero-order valence-corrected chi connectivity index (χ0v) is 17.2. The van der Waals surface area contributed by atoms with Crippen LogP contribution in [0.3, 0.4) is 0 Å². The Morgan fingerprint density at radius 3 is 2.47 bits per heavy atom. The normalized spacial score (nSPS) is 15.9. The van der Waals surface area contributed by atoms with E-state index in [1.54, 1.807) is 18.5 Å². The smallest absolute Gasteiger partial charge is 0.286 e. The molecule has 1 aliphatic heterocycles. The zero-order chi connectivity index (χ0) is 20.7. The molecular formula is C25H26FN4+. The Hall–Kier alpha value is -3.08. The maximum absolute atomic E-state index is 13.9. The summed E-state index contributed by atoms with van der Waals surface area (Å²) in [4.78, 5) is 8.72. The van der Waals surface area contributed by atoms with Crippen molar-refractivity contribution < 1.29 is 4.39 Å².